The van der Waals surface area contributed by atoms with Crippen LogP contribution >= 0.6 is 11.3 Å². The average Bonchev–Trinajstić information content (AvgIpc) is 2.59. The molecule has 16 heavy (non-hydrogen) atoms. The number of carbonyl (C=O) groups excluding carboxylic acids is 1. The summed E-state index contributed by atoms with van der Waals surface area (Å²) in [5.41, 5.74) is 7.65. The van der Waals surface area contributed by atoms with Crippen molar-refractivity contribution in [1.29, 1.82) is 0 Å². The molecule has 90 valence electrons. The van der Waals surface area contributed by atoms with Crippen LogP contribution in [0.5, 0.6) is 0 Å². The molecule has 0 unspecified atom stereocenters. The Kier molecular flexibility index (Phi) is 4.40. The fourth-order valence-electron chi connectivity index (χ4n) is 0.980. The minimum absolute atomic E-state index is 0.0665. The lowest BCUT2D eigenvalue weighted by atomic mass is 9.98. The lowest BCUT2D eigenvalue weighted by Crippen LogP contribution is -2.24. The van der Waals surface area contributed by atoms with Gasteiger partial charge < -0.3 is 5.73 Å². The van der Waals surface area contributed by atoms with Crippen LogP contribution < -0.4 is 11.2 Å². The quantitative estimate of drug-likeness (QED) is 0.596. The van der Waals surface area contributed by atoms with E-state index in [1.165, 1.54) is 0 Å². The maximum atomic E-state index is 10.4. The van der Waals surface area contributed by atoms with Crippen LogP contribution in [-0.4, -0.2) is 17.5 Å². The Bertz CT molecular complexity index is 357. The summed E-state index contributed by atoms with van der Waals surface area (Å²) in [6, 6.07) is 0. The summed E-state index contributed by atoms with van der Waals surface area (Å²) in [6.07, 6.45) is 1.81. The van der Waals surface area contributed by atoms with E-state index in [4.69, 9.17) is 10.6 Å². The van der Waals surface area contributed by atoms with Crippen molar-refractivity contribution in [2.45, 2.75) is 32.7 Å². The first kappa shape index (κ1) is 13.1. The lowest BCUT2D eigenvalue weighted by molar-refractivity contribution is -0.125. The van der Waals surface area contributed by atoms with Crippen LogP contribution in [0.3, 0.4) is 0 Å². The molecule has 1 aromatic heterocycles. The van der Waals surface area contributed by atoms with Gasteiger partial charge in [0.1, 0.15) is 6.61 Å². The second-order valence-corrected chi connectivity index (χ2v) is 5.57. The van der Waals surface area contributed by atoms with Crippen molar-refractivity contribution in [3.8, 4) is 0 Å². The second-order valence-electron chi connectivity index (χ2n) is 4.46. The molecule has 0 saturated carbocycles. The molecule has 0 bridgehead atoms. The van der Waals surface area contributed by atoms with E-state index in [1.54, 1.807) is 11.3 Å². The highest BCUT2D eigenvalue weighted by Gasteiger charge is 2.17. The van der Waals surface area contributed by atoms with Crippen LogP contribution in [0.1, 0.15) is 30.7 Å². The van der Waals surface area contributed by atoms with Gasteiger partial charge in [-0.1, -0.05) is 20.8 Å². The van der Waals surface area contributed by atoms with E-state index >= 15 is 0 Å². The van der Waals surface area contributed by atoms with Gasteiger partial charge >= 0.3 is 0 Å². The number of hydrogen-bond donors (Lipinski definition) is 2. The van der Waals surface area contributed by atoms with Crippen LogP contribution in [0.4, 0.5) is 0 Å². The summed E-state index contributed by atoms with van der Waals surface area (Å²) in [6.45, 7) is 6.76. The van der Waals surface area contributed by atoms with E-state index in [-0.39, 0.29) is 12.0 Å². The van der Waals surface area contributed by atoms with Crippen molar-refractivity contribution >= 4 is 17.2 Å². The van der Waals surface area contributed by atoms with E-state index in [9.17, 15) is 4.79 Å². The molecular weight excluding hydrogens is 226 g/mol. The number of nitrogens with two attached hydrogens (primary N) is 1. The standard InChI is InChI=1S/C10H17N3O2S/c1-10(2,3)9-12-4-7(16-9)5-13-15-6-8(11)14/h4,13H,5-6H2,1-3H3,(H2,11,14). The molecule has 0 atom stereocenters. The summed E-state index contributed by atoms with van der Waals surface area (Å²) in [5, 5.41) is 1.08. The zero-order valence-corrected chi connectivity index (χ0v) is 10.6. The molecule has 0 aliphatic carbocycles. The molecule has 0 saturated heterocycles. The minimum atomic E-state index is -0.493. The predicted molar refractivity (Wildman–Crippen MR) is 62.8 cm³/mol. The van der Waals surface area contributed by atoms with E-state index in [0.717, 1.165) is 9.88 Å². The number of thiazole rings is 1. The van der Waals surface area contributed by atoms with Crippen LogP contribution in [0.2, 0.25) is 0 Å². The molecule has 0 aliphatic rings. The van der Waals surface area contributed by atoms with Gasteiger partial charge in [-0.05, 0) is 0 Å². The highest BCUT2D eigenvalue weighted by atomic mass is 32.1. The molecule has 0 aromatic carbocycles. The number of rotatable bonds is 5. The summed E-state index contributed by atoms with van der Waals surface area (Å²) in [7, 11) is 0. The zero-order chi connectivity index (χ0) is 12.2. The van der Waals surface area contributed by atoms with Gasteiger partial charge in [0.05, 0.1) is 11.6 Å². The van der Waals surface area contributed by atoms with Crippen molar-refractivity contribution in [1.82, 2.24) is 10.5 Å². The molecule has 1 rings (SSSR count). The summed E-state index contributed by atoms with van der Waals surface area (Å²) in [5.74, 6) is -0.493. The van der Waals surface area contributed by atoms with Crippen LogP contribution in [-0.2, 0) is 21.6 Å². The Balaban J connectivity index is 2.38. The summed E-state index contributed by atoms with van der Waals surface area (Å²) in [4.78, 5) is 20.6. The summed E-state index contributed by atoms with van der Waals surface area (Å²) < 4.78 is 0. The van der Waals surface area contributed by atoms with E-state index in [0.29, 0.717) is 6.54 Å². The number of hydrogen-bond acceptors (Lipinski definition) is 5. The number of primary amides is 1. The molecule has 0 aliphatic heterocycles. The van der Waals surface area contributed by atoms with E-state index < -0.39 is 5.91 Å². The molecular formula is C10H17N3O2S. The maximum absolute atomic E-state index is 10.4. The number of hydroxylamine groups is 1. The van der Waals surface area contributed by atoms with Crippen LogP contribution in [0.25, 0.3) is 0 Å². The largest absolute Gasteiger partial charge is 0.368 e. The van der Waals surface area contributed by atoms with Gasteiger partial charge in [0, 0.05) is 16.5 Å². The van der Waals surface area contributed by atoms with Gasteiger partial charge in [-0.2, -0.15) is 5.48 Å². The topological polar surface area (TPSA) is 77.2 Å². The molecule has 0 radical (unpaired) electrons. The fourth-order valence-corrected chi connectivity index (χ4v) is 1.88. The Morgan fingerprint density at radius 1 is 1.62 bits per heavy atom. The predicted octanol–water partition coefficient (Wildman–Crippen LogP) is 0.947. The first-order valence-electron chi connectivity index (χ1n) is 4.97. The minimum Gasteiger partial charge on any atom is -0.368 e. The molecule has 1 aromatic rings. The highest BCUT2D eigenvalue weighted by Crippen LogP contribution is 2.26. The van der Waals surface area contributed by atoms with Gasteiger partial charge in [-0.25, -0.2) is 4.98 Å². The van der Waals surface area contributed by atoms with Crippen molar-refractivity contribution in [2.24, 2.45) is 5.73 Å². The average molecular weight is 243 g/mol. The van der Waals surface area contributed by atoms with E-state index in [1.807, 2.05) is 6.20 Å². The number of nitrogens with one attached hydrogen (secondary N) is 1. The third kappa shape index (κ3) is 4.26. The third-order valence-electron chi connectivity index (χ3n) is 1.76. The molecule has 3 N–H and O–H groups in total. The fraction of sp³-hybridized carbons (Fsp3) is 0.600. The summed E-state index contributed by atoms with van der Waals surface area (Å²) >= 11 is 1.63. The Labute approximate surface area is 99.0 Å². The molecule has 1 amide bonds. The Morgan fingerprint density at radius 3 is 2.81 bits per heavy atom. The molecule has 5 nitrogen and oxygen atoms in total. The van der Waals surface area contributed by atoms with Crippen molar-refractivity contribution in [3.05, 3.63) is 16.1 Å². The van der Waals surface area contributed by atoms with Crippen molar-refractivity contribution < 1.29 is 9.63 Å². The van der Waals surface area contributed by atoms with E-state index in [2.05, 4.69) is 31.2 Å². The van der Waals surface area contributed by atoms with Gasteiger partial charge in [0.25, 0.3) is 0 Å². The monoisotopic (exact) mass is 243 g/mol. The number of carbonyl (C=O) groups is 1. The molecule has 0 fully saturated rings. The number of aromatic nitrogens is 1. The highest BCUT2D eigenvalue weighted by molar-refractivity contribution is 7.11. The molecule has 6 heteroatoms. The third-order valence-corrected chi connectivity index (χ3v) is 3.18. The van der Waals surface area contributed by atoms with Gasteiger partial charge in [-0.3, -0.25) is 9.63 Å². The SMILES string of the molecule is CC(C)(C)c1ncc(CNOCC(N)=O)s1. The first-order chi connectivity index (χ1) is 7.39. The first-order valence-corrected chi connectivity index (χ1v) is 5.79. The van der Waals surface area contributed by atoms with Crippen LogP contribution in [0, 0.1) is 0 Å². The zero-order valence-electron chi connectivity index (χ0n) is 9.74. The Hall–Kier alpha value is -0.980. The number of nitrogens with zero attached hydrogens (tertiary/aromatic N) is 1. The van der Waals surface area contributed by atoms with Crippen molar-refractivity contribution in [2.75, 3.05) is 6.61 Å². The second kappa shape index (κ2) is 5.38. The normalized spacial score (nSPS) is 11.7. The van der Waals surface area contributed by atoms with Gasteiger partial charge in [0.2, 0.25) is 5.91 Å². The number of amides is 1. The maximum Gasteiger partial charge on any atom is 0.245 e. The lowest BCUT2D eigenvalue weighted by Gasteiger charge is -2.13. The van der Waals surface area contributed by atoms with Crippen molar-refractivity contribution in [3.63, 3.8) is 0 Å². The van der Waals surface area contributed by atoms with Gasteiger partial charge in [-0.15, -0.1) is 11.3 Å². The Morgan fingerprint density at radius 2 is 2.31 bits per heavy atom. The molecule has 0 spiro atoms. The van der Waals surface area contributed by atoms with Crippen LogP contribution in [0.15, 0.2) is 6.20 Å². The van der Waals surface area contributed by atoms with Gasteiger partial charge in [0.15, 0.2) is 0 Å². The smallest absolute Gasteiger partial charge is 0.245 e. The molecule has 1 heterocycles.